The molecule has 6 saturated heterocycles. The second-order valence-corrected chi connectivity index (χ2v) is 31.5. The number of ketones is 2. The quantitative estimate of drug-likeness (QED) is 0.0269. The average Bonchev–Trinajstić information content (AvgIpc) is 0.775. The van der Waals surface area contributed by atoms with Crippen molar-refractivity contribution in [1.82, 2.24) is 21.3 Å². The molecule has 30 atom stereocenters. The van der Waals surface area contributed by atoms with E-state index in [4.69, 9.17) is 104 Å². The van der Waals surface area contributed by atoms with E-state index < -0.39 is 247 Å². The molecule has 0 aliphatic carbocycles. The number of carbonyl (C=O) groups is 6. The molecule has 1 aromatic carbocycles. The van der Waals surface area contributed by atoms with E-state index >= 15 is 0 Å². The van der Waals surface area contributed by atoms with E-state index in [1.807, 2.05) is 0 Å². The van der Waals surface area contributed by atoms with Gasteiger partial charge in [0.2, 0.25) is 11.8 Å². The molecule has 6 fully saturated rings. The molecule has 0 bridgehead atoms. The molecule has 0 saturated carbocycles. The smallest absolute Gasteiger partial charge is 0.258 e. The maximum Gasteiger partial charge on any atom is 0.258 e. The van der Waals surface area contributed by atoms with Crippen LogP contribution in [0.2, 0.25) is 0 Å². The van der Waals surface area contributed by atoms with Gasteiger partial charge in [0.25, 0.3) is 11.8 Å². The molecule has 756 valence electrons. The number of hydrogen-bond acceptors (Lipinski definition) is 46. The monoisotopic (exact) mass is 1900 g/mol. The minimum atomic E-state index is -1.98. The Balaban J connectivity index is 0.615. The van der Waals surface area contributed by atoms with Crippen molar-refractivity contribution in [3.8, 4) is 11.5 Å². The molecule has 6 aliphatic rings. The van der Waals surface area contributed by atoms with Gasteiger partial charge in [0.05, 0.1) is 145 Å². The van der Waals surface area contributed by atoms with Crippen LogP contribution in [0.25, 0.3) is 0 Å². The van der Waals surface area contributed by atoms with E-state index in [0.29, 0.717) is 37.2 Å². The van der Waals surface area contributed by atoms with Crippen LogP contribution in [0.5, 0.6) is 11.5 Å². The van der Waals surface area contributed by atoms with Crippen LogP contribution in [-0.4, -0.2) is 496 Å². The molecular formula is C81H136N4O46. The van der Waals surface area contributed by atoms with Crippen molar-refractivity contribution >= 4 is 35.2 Å². The second kappa shape index (κ2) is 61.0. The van der Waals surface area contributed by atoms with Gasteiger partial charge in [-0.05, 0) is 50.3 Å². The van der Waals surface area contributed by atoms with Crippen molar-refractivity contribution in [3.05, 3.63) is 23.8 Å². The molecule has 6 aliphatic heterocycles. The van der Waals surface area contributed by atoms with Gasteiger partial charge in [-0.1, -0.05) is 0 Å². The molecule has 0 spiro atoms. The van der Waals surface area contributed by atoms with Crippen LogP contribution < -0.4 is 30.7 Å². The Morgan fingerprint density at radius 2 is 0.595 bits per heavy atom. The molecule has 0 radical (unpaired) electrons. The van der Waals surface area contributed by atoms with Gasteiger partial charge in [0.1, 0.15) is 169 Å². The fourth-order valence-corrected chi connectivity index (χ4v) is 14.4. The van der Waals surface area contributed by atoms with Crippen molar-refractivity contribution in [2.45, 2.75) is 256 Å². The summed E-state index contributed by atoms with van der Waals surface area (Å²) in [5.41, 5.74) is 0.765. The molecular weight excluding hydrogens is 1760 g/mol. The number of Topliss-reactive ketones (excluding diaryl/α,β-unsaturated/α-hetero) is 2. The number of aryl methyl sites for hydroxylation is 1. The Morgan fingerprint density at radius 3 is 0.916 bits per heavy atom. The molecule has 4 amide bonds. The number of carbonyl (C=O) groups excluding carboxylic acids is 6. The lowest BCUT2D eigenvalue weighted by Gasteiger charge is -2.48. The molecule has 131 heavy (non-hydrogen) atoms. The number of ether oxygens (including phenoxy) is 22. The van der Waals surface area contributed by atoms with Gasteiger partial charge in [-0.3, -0.25) is 28.8 Å². The second-order valence-electron chi connectivity index (χ2n) is 31.5. The molecule has 6 heterocycles. The number of unbranched alkanes of at least 4 members (excludes halogenated alkanes) is 2. The Bertz CT molecular complexity index is 3180. The lowest BCUT2D eigenvalue weighted by atomic mass is 9.95. The van der Waals surface area contributed by atoms with Crippen molar-refractivity contribution in [1.29, 1.82) is 0 Å². The first kappa shape index (κ1) is 113. The first-order chi connectivity index (χ1) is 63.0. The molecule has 1 aromatic rings. The third kappa shape index (κ3) is 37.1. The lowest BCUT2D eigenvalue weighted by molar-refractivity contribution is -0.376. The van der Waals surface area contributed by atoms with Crippen LogP contribution in [0.4, 0.5) is 0 Å². The fraction of sp³-hybridized carbons (Fsp3) is 0.852. The maximum absolute atomic E-state index is 12.6. The molecule has 50 nitrogen and oxygen atoms in total. The van der Waals surface area contributed by atoms with Gasteiger partial charge in [-0.2, -0.15) is 0 Å². The number of hydrogen-bond donors (Lipinski definition) is 22. The summed E-state index contributed by atoms with van der Waals surface area (Å²) in [4.78, 5) is 74.8. The predicted molar refractivity (Wildman–Crippen MR) is 435 cm³/mol. The lowest BCUT2D eigenvalue weighted by Crippen LogP contribution is -2.68. The molecule has 50 heteroatoms. The summed E-state index contributed by atoms with van der Waals surface area (Å²) in [7, 11) is 0. The highest BCUT2D eigenvalue weighted by Crippen LogP contribution is 2.37. The summed E-state index contributed by atoms with van der Waals surface area (Å²) in [6.07, 6.45) is -45.3. The number of amides is 4. The minimum absolute atomic E-state index is 0.00927. The van der Waals surface area contributed by atoms with Gasteiger partial charge in [-0.15, -0.1) is 0 Å². The maximum atomic E-state index is 12.6. The zero-order chi connectivity index (χ0) is 95.5. The minimum Gasteiger partial charge on any atom is -0.484 e. The predicted octanol–water partition coefficient (Wildman–Crippen LogP) is -11.4. The molecule has 7 rings (SSSR count). The highest BCUT2D eigenvalue weighted by Gasteiger charge is 2.57. The van der Waals surface area contributed by atoms with E-state index in [-0.39, 0.29) is 182 Å². The average molecular weight is 1900 g/mol. The number of rotatable bonds is 64. The van der Waals surface area contributed by atoms with E-state index in [2.05, 4.69) is 21.3 Å². The standard InChI is InChI=1S/C81H136N4O46/c1-43-32-48(120-41-56(96)82-12-18-112-22-26-116-30-28-114-24-20-110-16-10-46(94)8-4-6-14-118-76-58(84-44(2)92)64(102)72(54(39-90)126-76)128-80-70(108)74(62(100)52(37-88)124-80)130-78-68(106)66(104)60(98)50(35-86)122-78)34-49(33-43)121-42-57(97)83-13-19-113-23-27-117-31-29-115-25-21-111-17-11-47(95)9-5-7-15-119-77-59(85-45(3)93)65(103)73(55(40-91)127-77)129-81-71(109)75(63(101)53(38-89)125-81)131-79-69(107)67(105)61(99)51(36-87)123-79/h32-34,50-55,58-81,86-91,98-109H,4-31,35-42H2,1-3H3,(H,82,96)(H,83,97)(H,84,92)(H,85,93)/t50?,51?,52?,53?,54?,55?,58?,59?,60-,61-,62-,63-,64+,65+,66-,67-,68?,69?,70?,71?,72+,73+,74-,75-,76+,77+,78+,79+,80-,81-/m0/s1. The van der Waals surface area contributed by atoms with E-state index in [1.165, 1.54) is 0 Å². The summed E-state index contributed by atoms with van der Waals surface area (Å²) in [5, 5.41) is 200. The van der Waals surface area contributed by atoms with Crippen molar-refractivity contribution < 1.29 is 225 Å². The fourth-order valence-electron chi connectivity index (χ4n) is 14.4. The van der Waals surface area contributed by atoms with Crippen LogP contribution in [-0.2, 0) is 124 Å². The van der Waals surface area contributed by atoms with Gasteiger partial charge < -0.3 is 217 Å². The van der Waals surface area contributed by atoms with E-state index in [9.17, 15) is 121 Å². The van der Waals surface area contributed by atoms with Crippen molar-refractivity contribution in [2.75, 3.05) is 185 Å². The van der Waals surface area contributed by atoms with E-state index in [1.54, 1.807) is 25.1 Å². The van der Waals surface area contributed by atoms with Crippen LogP contribution in [0.1, 0.15) is 70.8 Å². The van der Waals surface area contributed by atoms with Crippen LogP contribution in [0.15, 0.2) is 18.2 Å². The summed E-state index contributed by atoms with van der Waals surface area (Å²) in [5.74, 6) is -1.45. The summed E-state index contributed by atoms with van der Waals surface area (Å²) in [6.45, 7) is 2.96. The van der Waals surface area contributed by atoms with Crippen molar-refractivity contribution in [2.24, 2.45) is 0 Å². The van der Waals surface area contributed by atoms with Gasteiger partial charge in [0.15, 0.2) is 51.0 Å². The van der Waals surface area contributed by atoms with E-state index in [0.717, 1.165) is 19.4 Å². The Morgan fingerprint density at radius 1 is 0.305 bits per heavy atom. The van der Waals surface area contributed by atoms with Crippen LogP contribution in [0.3, 0.4) is 0 Å². The Labute approximate surface area is 755 Å². The third-order valence-electron chi connectivity index (χ3n) is 21.4. The summed E-state index contributed by atoms with van der Waals surface area (Å²) in [6, 6.07) is 2.33. The third-order valence-corrected chi connectivity index (χ3v) is 21.4. The van der Waals surface area contributed by atoms with Crippen LogP contribution in [0, 0.1) is 6.92 Å². The summed E-state index contributed by atoms with van der Waals surface area (Å²) >= 11 is 0. The largest absolute Gasteiger partial charge is 0.484 e. The molecule has 12 unspecified atom stereocenters. The Kier molecular flexibility index (Phi) is 52.4. The van der Waals surface area contributed by atoms with Gasteiger partial charge in [-0.25, -0.2) is 0 Å². The van der Waals surface area contributed by atoms with Gasteiger partial charge in [0, 0.05) is 71.9 Å². The zero-order valence-corrected chi connectivity index (χ0v) is 73.5. The highest BCUT2D eigenvalue weighted by atomic mass is 16.8. The number of aliphatic hydroxyl groups excluding tert-OH is 18. The van der Waals surface area contributed by atoms with Crippen molar-refractivity contribution in [3.63, 3.8) is 0 Å². The summed E-state index contributed by atoms with van der Waals surface area (Å²) < 4.78 is 124. The SMILES string of the molecule is CC(=O)NC1[C@H](OCCCCC(=O)CCOCCOCCOCCOCCNC(=O)COc2cc(C)cc(OCC(=O)NCCOCCOCCOCCOCCC(=O)CCCCO[C@@H]3OC(CO)[C@@H](O[C@@H]4OC(CO)[C@H](O)[C@H](O[C@H]5OC(CO)[C@H](O)[C@H](O)C5O)C4O)[C@H](O)C3NC(C)=O)c2)OC(CO)[C@@H](O[C@@H]2OC(CO)[C@H](O)[C@H](O[C@H]3OC(CO)[C@H](O)[C@H](O)C3O)C2O)[C@@H]1O. The normalized spacial score (nSPS) is 32.8. The Hall–Kier alpha value is -5.48. The van der Waals surface area contributed by atoms with Gasteiger partial charge >= 0.3 is 0 Å². The molecule has 22 N–H and O–H groups in total. The first-order valence-corrected chi connectivity index (χ1v) is 43.7. The zero-order valence-electron chi connectivity index (χ0n) is 73.5. The highest BCUT2D eigenvalue weighted by molar-refractivity contribution is 5.79. The molecule has 0 aromatic heterocycles. The number of benzene rings is 1. The topological polar surface area (TPSA) is 718 Å². The number of aliphatic hydroxyl groups is 18. The number of nitrogens with one attached hydrogen (secondary N) is 4. The first-order valence-electron chi connectivity index (χ1n) is 43.7. The van der Waals surface area contributed by atoms with Crippen LogP contribution >= 0.6 is 0 Å².